The summed E-state index contributed by atoms with van der Waals surface area (Å²) >= 11 is 0. The predicted octanol–water partition coefficient (Wildman–Crippen LogP) is 1.73. The second kappa shape index (κ2) is 8.53. The fourth-order valence-electron chi connectivity index (χ4n) is 2.79. The third kappa shape index (κ3) is 5.24. The van der Waals surface area contributed by atoms with Crippen LogP contribution in [0.5, 0.6) is 0 Å². The molecule has 0 aliphatic carbocycles. The van der Waals surface area contributed by atoms with E-state index in [1.807, 2.05) is 0 Å². The average molecular weight is 445 g/mol. The van der Waals surface area contributed by atoms with Gasteiger partial charge in [-0.1, -0.05) is 30.3 Å². The van der Waals surface area contributed by atoms with Gasteiger partial charge in [0.15, 0.2) is 11.6 Å². The Hall–Kier alpha value is -3.77. The molecule has 0 aliphatic heterocycles. The normalized spacial score (nSPS) is 11.2. The Morgan fingerprint density at radius 2 is 1.81 bits per heavy atom. The number of aromatic nitrogens is 2. The number of primary amides is 1. The SMILES string of the molecule is Cc1ccc(Nc2nc(N)c(F)c(-c3ccc(CNC(N)=O)cc3)n2)cc1S(N)(=O)=O. The smallest absolute Gasteiger partial charge is 0.312 e. The summed E-state index contributed by atoms with van der Waals surface area (Å²) in [6.07, 6.45) is 0. The molecule has 0 unspecified atom stereocenters. The van der Waals surface area contributed by atoms with Crippen LogP contribution < -0.4 is 27.2 Å². The first-order chi connectivity index (χ1) is 14.5. The highest BCUT2D eigenvalue weighted by Crippen LogP contribution is 2.27. The van der Waals surface area contributed by atoms with Crippen molar-refractivity contribution in [2.45, 2.75) is 18.4 Å². The van der Waals surface area contributed by atoms with Gasteiger partial charge in [-0.05, 0) is 30.2 Å². The van der Waals surface area contributed by atoms with Crippen molar-refractivity contribution >= 4 is 33.5 Å². The molecular formula is C19H20FN7O3S. The molecule has 3 aromatic rings. The van der Waals surface area contributed by atoms with Crippen molar-refractivity contribution in [2.24, 2.45) is 10.9 Å². The summed E-state index contributed by atoms with van der Waals surface area (Å²) in [5, 5.41) is 10.5. The number of benzene rings is 2. The lowest BCUT2D eigenvalue weighted by Gasteiger charge is -2.12. The highest BCUT2D eigenvalue weighted by molar-refractivity contribution is 7.89. The monoisotopic (exact) mass is 445 g/mol. The van der Waals surface area contributed by atoms with Crippen molar-refractivity contribution in [3.05, 3.63) is 59.4 Å². The first-order valence-electron chi connectivity index (χ1n) is 8.90. The Balaban J connectivity index is 1.93. The van der Waals surface area contributed by atoms with Gasteiger partial charge in [0, 0.05) is 17.8 Å². The molecular weight excluding hydrogens is 425 g/mol. The molecule has 0 spiro atoms. The summed E-state index contributed by atoms with van der Waals surface area (Å²) in [6.45, 7) is 1.83. The van der Waals surface area contributed by atoms with Crippen LogP contribution in [0.3, 0.4) is 0 Å². The number of hydrogen-bond acceptors (Lipinski definition) is 7. The topological polar surface area (TPSA) is 179 Å². The lowest BCUT2D eigenvalue weighted by Crippen LogP contribution is -2.28. The van der Waals surface area contributed by atoms with E-state index in [0.717, 1.165) is 5.56 Å². The minimum atomic E-state index is -3.93. The number of primary sulfonamides is 1. The maximum atomic E-state index is 14.6. The van der Waals surface area contributed by atoms with E-state index in [-0.39, 0.29) is 28.9 Å². The van der Waals surface area contributed by atoms with Gasteiger partial charge in [-0.3, -0.25) is 0 Å². The molecule has 1 aromatic heterocycles. The van der Waals surface area contributed by atoms with Crippen LogP contribution in [-0.2, 0) is 16.6 Å². The molecule has 1 heterocycles. The summed E-state index contributed by atoms with van der Waals surface area (Å²) in [6, 6.07) is 10.4. The first kappa shape index (κ1) is 21.9. The zero-order valence-electron chi connectivity index (χ0n) is 16.4. The molecule has 31 heavy (non-hydrogen) atoms. The predicted molar refractivity (Wildman–Crippen MR) is 114 cm³/mol. The van der Waals surface area contributed by atoms with Gasteiger partial charge in [0.1, 0.15) is 5.69 Å². The van der Waals surface area contributed by atoms with Crippen molar-refractivity contribution in [2.75, 3.05) is 11.1 Å². The van der Waals surface area contributed by atoms with Crippen LogP contribution in [0.4, 0.5) is 26.6 Å². The fourth-order valence-corrected chi connectivity index (χ4v) is 3.60. The maximum absolute atomic E-state index is 14.6. The molecule has 0 bridgehead atoms. The van der Waals surface area contributed by atoms with E-state index in [1.165, 1.54) is 6.07 Å². The molecule has 10 nitrogen and oxygen atoms in total. The highest BCUT2D eigenvalue weighted by atomic mass is 32.2. The van der Waals surface area contributed by atoms with E-state index in [9.17, 15) is 17.6 Å². The zero-order chi connectivity index (χ0) is 22.8. The summed E-state index contributed by atoms with van der Waals surface area (Å²) < 4.78 is 38.0. The number of urea groups is 1. The van der Waals surface area contributed by atoms with E-state index < -0.39 is 21.9 Å². The number of anilines is 3. The molecule has 0 atom stereocenters. The molecule has 2 amide bonds. The van der Waals surface area contributed by atoms with Crippen molar-refractivity contribution in [1.82, 2.24) is 15.3 Å². The Morgan fingerprint density at radius 3 is 2.42 bits per heavy atom. The number of nitrogens with zero attached hydrogens (tertiary/aromatic N) is 2. The lowest BCUT2D eigenvalue weighted by atomic mass is 10.1. The van der Waals surface area contributed by atoms with Crippen molar-refractivity contribution in [1.29, 1.82) is 0 Å². The maximum Gasteiger partial charge on any atom is 0.312 e. The van der Waals surface area contributed by atoms with Crippen molar-refractivity contribution in [3.63, 3.8) is 0 Å². The van der Waals surface area contributed by atoms with Gasteiger partial charge >= 0.3 is 6.03 Å². The number of carbonyl (C=O) groups excluding carboxylic acids is 1. The fraction of sp³-hybridized carbons (Fsp3) is 0.105. The third-order valence-electron chi connectivity index (χ3n) is 4.32. The van der Waals surface area contributed by atoms with E-state index in [2.05, 4.69) is 20.6 Å². The van der Waals surface area contributed by atoms with E-state index in [1.54, 1.807) is 43.3 Å². The molecule has 0 saturated heterocycles. The number of nitrogens with two attached hydrogens (primary N) is 3. The van der Waals surface area contributed by atoms with Crippen LogP contribution in [0.25, 0.3) is 11.3 Å². The summed E-state index contributed by atoms with van der Waals surface area (Å²) in [7, 11) is -3.93. The van der Waals surface area contributed by atoms with E-state index in [0.29, 0.717) is 16.8 Å². The standard InChI is InChI=1S/C19H20FN7O3S/c1-10-2-7-13(8-14(10)31(23,29)30)25-19-26-16(15(20)17(21)27-19)12-5-3-11(4-6-12)9-24-18(22)28/h2-8H,9H2,1H3,(H3,22,24,28)(H2,23,29,30)(H3,21,25,26,27). The molecule has 3 rings (SSSR count). The largest absolute Gasteiger partial charge is 0.381 e. The number of hydrogen-bond donors (Lipinski definition) is 5. The van der Waals surface area contributed by atoms with Gasteiger partial charge in [-0.25, -0.2) is 27.7 Å². The van der Waals surface area contributed by atoms with Gasteiger partial charge in [0.2, 0.25) is 16.0 Å². The van der Waals surface area contributed by atoms with Crippen LogP contribution in [0.2, 0.25) is 0 Å². The Bertz CT molecular complexity index is 1250. The number of aryl methyl sites for hydroxylation is 1. The summed E-state index contributed by atoms with van der Waals surface area (Å²) in [5.74, 6) is -1.22. The van der Waals surface area contributed by atoms with Crippen LogP contribution in [-0.4, -0.2) is 24.4 Å². The molecule has 0 aliphatic rings. The van der Waals surface area contributed by atoms with Crippen LogP contribution in [0.15, 0.2) is 47.4 Å². The Morgan fingerprint density at radius 1 is 1.13 bits per heavy atom. The average Bonchev–Trinajstić information content (AvgIpc) is 2.70. The lowest BCUT2D eigenvalue weighted by molar-refractivity contribution is 0.248. The van der Waals surface area contributed by atoms with E-state index in [4.69, 9.17) is 16.6 Å². The molecule has 2 aromatic carbocycles. The summed E-state index contributed by atoms with van der Waals surface area (Å²) in [5.41, 5.74) is 12.7. The number of sulfonamides is 1. The number of carbonyl (C=O) groups is 1. The number of rotatable bonds is 6. The van der Waals surface area contributed by atoms with Gasteiger partial charge < -0.3 is 22.1 Å². The van der Waals surface area contributed by atoms with Crippen molar-refractivity contribution in [3.8, 4) is 11.3 Å². The minimum absolute atomic E-state index is 0.0300. The zero-order valence-corrected chi connectivity index (χ0v) is 17.2. The third-order valence-corrected chi connectivity index (χ3v) is 5.37. The number of halogens is 1. The van der Waals surface area contributed by atoms with E-state index >= 15 is 0 Å². The molecule has 8 N–H and O–H groups in total. The molecule has 12 heteroatoms. The Kier molecular flexibility index (Phi) is 6.04. The van der Waals surface area contributed by atoms with Crippen LogP contribution >= 0.6 is 0 Å². The summed E-state index contributed by atoms with van der Waals surface area (Å²) in [4.78, 5) is 18.8. The highest BCUT2D eigenvalue weighted by Gasteiger charge is 2.16. The number of amides is 2. The Labute approximate surface area is 177 Å². The van der Waals surface area contributed by atoms with Crippen LogP contribution in [0.1, 0.15) is 11.1 Å². The second-order valence-electron chi connectivity index (χ2n) is 6.66. The molecule has 0 radical (unpaired) electrons. The van der Waals surface area contributed by atoms with Crippen LogP contribution in [0, 0.1) is 12.7 Å². The van der Waals surface area contributed by atoms with Gasteiger partial charge in [0.25, 0.3) is 0 Å². The second-order valence-corrected chi connectivity index (χ2v) is 8.19. The first-order valence-corrected chi connectivity index (χ1v) is 10.5. The minimum Gasteiger partial charge on any atom is -0.381 e. The number of nitrogens with one attached hydrogen (secondary N) is 2. The number of nitrogen functional groups attached to an aromatic ring is 1. The molecule has 0 saturated carbocycles. The van der Waals surface area contributed by atoms with Gasteiger partial charge in [-0.15, -0.1) is 0 Å². The van der Waals surface area contributed by atoms with Crippen molar-refractivity contribution < 1.29 is 17.6 Å². The quantitative estimate of drug-likeness (QED) is 0.383. The van der Waals surface area contributed by atoms with Gasteiger partial charge in [0.05, 0.1) is 4.90 Å². The molecule has 0 fully saturated rings. The molecule has 162 valence electrons. The van der Waals surface area contributed by atoms with Gasteiger partial charge in [-0.2, -0.15) is 4.98 Å².